The molecule has 1 aliphatic heterocycles. The number of rotatable bonds is 6. The monoisotopic (exact) mass is 265 g/mol. The minimum absolute atomic E-state index is 0.289. The highest BCUT2D eigenvalue weighted by Gasteiger charge is 2.20. The highest BCUT2D eigenvalue weighted by atomic mass is 16.3. The van der Waals surface area contributed by atoms with Crippen molar-refractivity contribution in [2.45, 2.75) is 31.8 Å². The number of likely N-dealkylation sites (N-methyl/N-ethyl adjacent to an activating group) is 2. The first-order valence-corrected chi connectivity index (χ1v) is 7.32. The van der Waals surface area contributed by atoms with Crippen molar-refractivity contribution in [3.63, 3.8) is 0 Å². The maximum absolute atomic E-state index is 5.40. The lowest BCUT2D eigenvalue weighted by Gasteiger charge is -2.36. The van der Waals surface area contributed by atoms with Crippen LogP contribution < -0.4 is 5.32 Å². The van der Waals surface area contributed by atoms with Crippen LogP contribution in [0.2, 0.25) is 0 Å². The van der Waals surface area contributed by atoms with E-state index in [1.165, 1.54) is 25.9 Å². The van der Waals surface area contributed by atoms with E-state index in [0.29, 0.717) is 6.04 Å². The predicted octanol–water partition coefficient (Wildman–Crippen LogP) is 1.96. The van der Waals surface area contributed by atoms with Gasteiger partial charge in [-0.2, -0.15) is 0 Å². The molecule has 1 N–H and O–H groups in total. The molecule has 2 atom stereocenters. The summed E-state index contributed by atoms with van der Waals surface area (Å²) in [5, 5.41) is 3.52. The lowest BCUT2D eigenvalue weighted by molar-refractivity contribution is 0.134. The molecule has 0 aromatic carbocycles. The van der Waals surface area contributed by atoms with Gasteiger partial charge >= 0.3 is 0 Å². The van der Waals surface area contributed by atoms with Crippen LogP contribution in [0.25, 0.3) is 0 Å². The average molecular weight is 265 g/mol. The van der Waals surface area contributed by atoms with Gasteiger partial charge in [0.25, 0.3) is 0 Å². The molecule has 2 heterocycles. The van der Waals surface area contributed by atoms with Gasteiger partial charge in [-0.25, -0.2) is 0 Å². The van der Waals surface area contributed by atoms with Gasteiger partial charge in [0, 0.05) is 25.7 Å². The Morgan fingerprint density at radius 2 is 2.42 bits per heavy atom. The van der Waals surface area contributed by atoms with Crippen LogP contribution in [0, 0.1) is 0 Å². The summed E-state index contributed by atoms with van der Waals surface area (Å²) in [5.74, 6) is 1.01. The van der Waals surface area contributed by atoms with E-state index >= 15 is 0 Å². The van der Waals surface area contributed by atoms with Gasteiger partial charge in [-0.1, -0.05) is 0 Å². The third-order valence-electron chi connectivity index (χ3n) is 4.11. The van der Waals surface area contributed by atoms with Gasteiger partial charge in [0.1, 0.15) is 5.76 Å². The van der Waals surface area contributed by atoms with Gasteiger partial charge in [-0.3, -0.25) is 0 Å². The van der Waals surface area contributed by atoms with Crippen LogP contribution in [0.4, 0.5) is 0 Å². The topological polar surface area (TPSA) is 31.6 Å². The van der Waals surface area contributed by atoms with Crippen LogP contribution in [0.1, 0.15) is 31.6 Å². The molecule has 0 amide bonds. The van der Waals surface area contributed by atoms with E-state index in [2.05, 4.69) is 36.1 Å². The van der Waals surface area contributed by atoms with Gasteiger partial charge in [0.05, 0.1) is 12.3 Å². The largest absolute Gasteiger partial charge is 0.468 e. The molecule has 0 saturated carbocycles. The molecule has 1 aliphatic rings. The third kappa shape index (κ3) is 4.34. The zero-order valence-electron chi connectivity index (χ0n) is 12.4. The summed E-state index contributed by atoms with van der Waals surface area (Å²) < 4.78 is 5.40. The molecule has 1 aromatic rings. The maximum Gasteiger partial charge on any atom is 0.120 e. The Balaban J connectivity index is 1.67. The van der Waals surface area contributed by atoms with Crippen molar-refractivity contribution in [1.29, 1.82) is 0 Å². The van der Waals surface area contributed by atoms with Gasteiger partial charge in [-0.15, -0.1) is 0 Å². The predicted molar refractivity (Wildman–Crippen MR) is 78.3 cm³/mol. The van der Waals surface area contributed by atoms with E-state index in [0.717, 1.165) is 18.8 Å². The molecule has 0 radical (unpaired) electrons. The summed E-state index contributed by atoms with van der Waals surface area (Å²) in [5.41, 5.74) is 0. The fraction of sp³-hybridized carbons (Fsp3) is 0.733. The Hall–Kier alpha value is -0.840. The number of furan rings is 1. The molecule has 108 valence electrons. The van der Waals surface area contributed by atoms with Crippen molar-refractivity contribution < 1.29 is 4.42 Å². The number of hydrogen-bond donors (Lipinski definition) is 1. The zero-order valence-corrected chi connectivity index (χ0v) is 12.4. The number of likely N-dealkylation sites (tertiary alicyclic amines) is 1. The summed E-state index contributed by atoms with van der Waals surface area (Å²) in [6.07, 6.45) is 4.38. The number of piperidine rings is 1. The minimum Gasteiger partial charge on any atom is -0.468 e. The van der Waals surface area contributed by atoms with Crippen molar-refractivity contribution in [2.75, 3.05) is 40.3 Å². The van der Waals surface area contributed by atoms with Gasteiger partial charge in [-0.05, 0) is 52.5 Å². The summed E-state index contributed by atoms with van der Waals surface area (Å²) in [4.78, 5) is 4.92. The smallest absolute Gasteiger partial charge is 0.120 e. The lowest BCUT2D eigenvalue weighted by Crippen LogP contribution is -2.46. The standard InChI is InChI=1S/C15H27N3O/c1-13(15-7-5-11-19-15)16-8-10-18(3)14-6-4-9-17(2)12-14/h5,7,11,13-14,16H,4,6,8-10,12H2,1-3H3. The molecule has 2 rings (SSSR count). The summed E-state index contributed by atoms with van der Waals surface area (Å²) >= 11 is 0. The molecule has 4 nitrogen and oxygen atoms in total. The van der Waals surface area contributed by atoms with E-state index in [9.17, 15) is 0 Å². The van der Waals surface area contributed by atoms with Crippen LogP contribution in [-0.2, 0) is 0 Å². The highest BCUT2D eigenvalue weighted by molar-refractivity contribution is 5.02. The van der Waals surface area contributed by atoms with Gasteiger partial charge < -0.3 is 19.5 Å². The van der Waals surface area contributed by atoms with E-state index in [-0.39, 0.29) is 6.04 Å². The van der Waals surface area contributed by atoms with Crippen LogP contribution in [0.3, 0.4) is 0 Å². The minimum atomic E-state index is 0.289. The van der Waals surface area contributed by atoms with Crippen molar-refractivity contribution in [1.82, 2.24) is 15.1 Å². The second-order valence-corrected chi connectivity index (χ2v) is 5.73. The molecule has 2 unspecified atom stereocenters. The maximum atomic E-state index is 5.40. The van der Waals surface area contributed by atoms with E-state index < -0.39 is 0 Å². The molecule has 1 saturated heterocycles. The third-order valence-corrected chi connectivity index (χ3v) is 4.11. The number of hydrogen-bond acceptors (Lipinski definition) is 4. The summed E-state index contributed by atoms with van der Waals surface area (Å²) in [6.45, 7) is 6.68. The van der Waals surface area contributed by atoms with E-state index in [1.54, 1.807) is 6.26 Å². The fourth-order valence-electron chi connectivity index (χ4n) is 2.78. The fourth-order valence-corrected chi connectivity index (χ4v) is 2.78. The quantitative estimate of drug-likeness (QED) is 0.852. The Labute approximate surface area is 116 Å². The highest BCUT2D eigenvalue weighted by Crippen LogP contribution is 2.14. The summed E-state index contributed by atoms with van der Waals surface area (Å²) in [7, 11) is 4.46. The van der Waals surface area contributed by atoms with E-state index in [1.807, 2.05) is 12.1 Å². The van der Waals surface area contributed by atoms with Gasteiger partial charge in [0.15, 0.2) is 0 Å². The summed E-state index contributed by atoms with van der Waals surface area (Å²) in [6, 6.07) is 4.96. The van der Waals surface area contributed by atoms with Crippen molar-refractivity contribution in [2.24, 2.45) is 0 Å². The molecular weight excluding hydrogens is 238 g/mol. The molecule has 0 spiro atoms. The first-order chi connectivity index (χ1) is 9.16. The van der Waals surface area contributed by atoms with Crippen molar-refractivity contribution >= 4 is 0 Å². The van der Waals surface area contributed by atoms with Crippen LogP contribution in [0.5, 0.6) is 0 Å². The Morgan fingerprint density at radius 3 is 3.11 bits per heavy atom. The Bertz CT molecular complexity index is 352. The molecule has 1 aromatic heterocycles. The Kier molecular flexibility index (Phi) is 5.43. The van der Waals surface area contributed by atoms with Gasteiger partial charge in [0.2, 0.25) is 0 Å². The normalized spacial score (nSPS) is 22.8. The molecule has 19 heavy (non-hydrogen) atoms. The zero-order chi connectivity index (χ0) is 13.7. The average Bonchev–Trinajstić information content (AvgIpc) is 2.92. The SMILES string of the molecule is CC(NCCN(C)C1CCCN(C)C1)c1ccco1. The van der Waals surface area contributed by atoms with E-state index in [4.69, 9.17) is 4.42 Å². The molecular formula is C15H27N3O. The number of nitrogens with one attached hydrogen (secondary N) is 1. The second kappa shape index (κ2) is 7.08. The first-order valence-electron chi connectivity index (χ1n) is 7.32. The molecule has 0 bridgehead atoms. The molecule has 0 aliphatic carbocycles. The number of nitrogens with zero attached hydrogens (tertiary/aromatic N) is 2. The Morgan fingerprint density at radius 1 is 1.58 bits per heavy atom. The molecule has 4 heteroatoms. The van der Waals surface area contributed by atoms with Crippen molar-refractivity contribution in [3.05, 3.63) is 24.2 Å². The van der Waals surface area contributed by atoms with Crippen LogP contribution in [-0.4, -0.2) is 56.1 Å². The molecule has 1 fully saturated rings. The van der Waals surface area contributed by atoms with Crippen LogP contribution in [0.15, 0.2) is 22.8 Å². The first kappa shape index (κ1) is 14.6. The van der Waals surface area contributed by atoms with Crippen molar-refractivity contribution in [3.8, 4) is 0 Å². The van der Waals surface area contributed by atoms with Crippen LogP contribution >= 0.6 is 0 Å². The second-order valence-electron chi connectivity index (χ2n) is 5.73. The lowest BCUT2D eigenvalue weighted by atomic mass is 10.1.